The van der Waals surface area contributed by atoms with Crippen LogP contribution in [-0.4, -0.2) is 22.3 Å². The second kappa shape index (κ2) is 4.65. The number of hydrogen-bond acceptors (Lipinski definition) is 4. The molecule has 2 aromatic rings. The highest BCUT2D eigenvalue weighted by molar-refractivity contribution is 5.53. The van der Waals surface area contributed by atoms with Gasteiger partial charge < -0.3 is 10.1 Å². The standard InChI is InChI=1S/C11H14N4O/c1-8(9-5-7-13-15-9)14-10-4-3-6-12-11(10)16-2/h3-8,14H,1-2H3,(H,13,15). The summed E-state index contributed by atoms with van der Waals surface area (Å²) >= 11 is 0. The van der Waals surface area contributed by atoms with E-state index in [0.29, 0.717) is 5.88 Å². The summed E-state index contributed by atoms with van der Waals surface area (Å²) in [5.74, 6) is 0.592. The Balaban J connectivity index is 2.14. The quantitative estimate of drug-likeness (QED) is 0.823. The molecule has 5 heteroatoms. The number of hydrogen-bond donors (Lipinski definition) is 2. The van der Waals surface area contributed by atoms with Gasteiger partial charge in [0.1, 0.15) is 0 Å². The van der Waals surface area contributed by atoms with Gasteiger partial charge in [0, 0.05) is 12.4 Å². The van der Waals surface area contributed by atoms with Gasteiger partial charge in [-0.1, -0.05) is 0 Å². The lowest BCUT2D eigenvalue weighted by molar-refractivity contribution is 0.399. The van der Waals surface area contributed by atoms with E-state index in [2.05, 4.69) is 20.5 Å². The van der Waals surface area contributed by atoms with Crippen molar-refractivity contribution in [2.45, 2.75) is 13.0 Å². The van der Waals surface area contributed by atoms with Crippen molar-refractivity contribution < 1.29 is 4.74 Å². The fourth-order valence-electron chi connectivity index (χ4n) is 1.48. The maximum absolute atomic E-state index is 5.16. The van der Waals surface area contributed by atoms with Crippen LogP contribution in [0.1, 0.15) is 18.7 Å². The maximum atomic E-state index is 5.16. The van der Waals surface area contributed by atoms with E-state index in [-0.39, 0.29) is 6.04 Å². The summed E-state index contributed by atoms with van der Waals surface area (Å²) in [6, 6.07) is 5.85. The number of pyridine rings is 1. The van der Waals surface area contributed by atoms with Gasteiger partial charge in [-0.25, -0.2) is 4.98 Å². The second-order valence-corrected chi connectivity index (χ2v) is 3.44. The first-order valence-electron chi connectivity index (χ1n) is 5.06. The number of rotatable bonds is 4. The Morgan fingerprint density at radius 1 is 1.38 bits per heavy atom. The van der Waals surface area contributed by atoms with Crippen LogP contribution < -0.4 is 10.1 Å². The van der Waals surface area contributed by atoms with Gasteiger partial charge >= 0.3 is 0 Å². The van der Waals surface area contributed by atoms with Crippen molar-refractivity contribution in [2.24, 2.45) is 0 Å². The SMILES string of the molecule is COc1ncccc1NC(C)c1ccn[nH]1. The average Bonchev–Trinajstić information content (AvgIpc) is 2.83. The largest absolute Gasteiger partial charge is 0.480 e. The third kappa shape index (κ3) is 2.13. The Labute approximate surface area is 93.9 Å². The first-order valence-corrected chi connectivity index (χ1v) is 5.06. The van der Waals surface area contributed by atoms with Crippen molar-refractivity contribution in [1.82, 2.24) is 15.2 Å². The fourth-order valence-corrected chi connectivity index (χ4v) is 1.48. The van der Waals surface area contributed by atoms with Gasteiger partial charge in [0.25, 0.3) is 0 Å². The highest BCUT2D eigenvalue weighted by atomic mass is 16.5. The Morgan fingerprint density at radius 2 is 2.25 bits per heavy atom. The maximum Gasteiger partial charge on any atom is 0.237 e. The minimum absolute atomic E-state index is 0.126. The van der Waals surface area contributed by atoms with Crippen LogP contribution in [0.25, 0.3) is 0 Å². The van der Waals surface area contributed by atoms with Gasteiger partial charge in [-0.05, 0) is 25.1 Å². The van der Waals surface area contributed by atoms with Gasteiger partial charge in [-0.2, -0.15) is 5.10 Å². The van der Waals surface area contributed by atoms with E-state index in [1.54, 1.807) is 19.5 Å². The number of aromatic nitrogens is 3. The molecule has 0 aliphatic heterocycles. The number of H-pyrrole nitrogens is 1. The average molecular weight is 218 g/mol. The summed E-state index contributed by atoms with van der Waals surface area (Å²) in [6.45, 7) is 2.04. The molecule has 0 amide bonds. The summed E-state index contributed by atoms with van der Waals surface area (Å²) in [6.07, 6.45) is 3.43. The van der Waals surface area contributed by atoms with Crippen LogP contribution in [0.2, 0.25) is 0 Å². The molecule has 2 aromatic heterocycles. The lowest BCUT2D eigenvalue weighted by Crippen LogP contribution is -2.08. The Hall–Kier alpha value is -2.04. The van der Waals surface area contributed by atoms with Gasteiger partial charge in [-0.15, -0.1) is 0 Å². The number of aromatic amines is 1. The van der Waals surface area contributed by atoms with Crippen LogP contribution in [0.5, 0.6) is 5.88 Å². The number of methoxy groups -OCH3 is 1. The molecule has 0 fully saturated rings. The zero-order valence-electron chi connectivity index (χ0n) is 9.27. The Morgan fingerprint density at radius 3 is 2.94 bits per heavy atom. The molecule has 84 valence electrons. The third-order valence-corrected chi connectivity index (χ3v) is 2.33. The number of anilines is 1. The monoisotopic (exact) mass is 218 g/mol. The summed E-state index contributed by atoms with van der Waals surface area (Å²) < 4.78 is 5.16. The van der Waals surface area contributed by atoms with Crippen molar-refractivity contribution in [3.8, 4) is 5.88 Å². The van der Waals surface area contributed by atoms with E-state index in [9.17, 15) is 0 Å². The molecular weight excluding hydrogens is 204 g/mol. The minimum Gasteiger partial charge on any atom is -0.480 e. The topological polar surface area (TPSA) is 62.8 Å². The van der Waals surface area contributed by atoms with Crippen molar-refractivity contribution in [3.05, 3.63) is 36.3 Å². The Bertz CT molecular complexity index is 441. The molecule has 0 aromatic carbocycles. The van der Waals surface area contributed by atoms with Crippen molar-refractivity contribution in [1.29, 1.82) is 0 Å². The van der Waals surface area contributed by atoms with E-state index in [0.717, 1.165) is 11.4 Å². The van der Waals surface area contributed by atoms with Crippen molar-refractivity contribution in [3.63, 3.8) is 0 Å². The molecule has 0 radical (unpaired) electrons. The van der Waals surface area contributed by atoms with Crippen LogP contribution in [0.4, 0.5) is 5.69 Å². The number of ether oxygens (including phenoxy) is 1. The molecule has 1 unspecified atom stereocenters. The van der Waals surface area contributed by atoms with Gasteiger partial charge in [0.2, 0.25) is 5.88 Å². The molecule has 0 saturated carbocycles. The summed E-state index contributed by atoms with van der Waals surface area (Å²) in [7, 11) is 1.61. The van der Waals surface area contributed by atoms with E-state index in [1.165, 1.54) is 0 Å². The van der Waals surface area contributed by atoms with Gasteiger partial charge in [0.05, 0.1) is 24.5 Å². The van der Waals surface area contributed by atoms with E-state index in [4.69, 9.17) is 4.74 Å². The van der Waals surface area contributed by atoms with Crippen LogP contribution in [0.3, 0.4) is 0 Å². The van der Waals surface area contributed by atoms with Crippen LogP contribution in [-0.2, 0) is 0 Å². The van der Waals surface area contributed by atoms with E-state index in [1.807, 2.05) is 25.1 Å². The number of nitrogens with one attached hydrogen (secondary N) is 2. The Kier molecular flexibility index (Phi) is 3.05. The highest BCUT2D eigenvalue weighted by Gasteiger charge is 2.09. The van der Waals surface area contributed by atoms with Crippen LogP contribution in [0.15, 0.2) is 30.6 Å². The lowest BCUT2D eigenvalue weighted by Gasteiger charge is -2.15. The van der Waals surface area contributed by atoms with Gasteiger partial charge in [-0.3, -0.25) is 5.10 Å². The molecule has 2 rings (SSSR count). The molecule has 0 aliphatic carbocycles. The zero-order valence-corrected chi connectivity index (χ0v) is 9.27. The van der Waals surface area contributed by atoms with Gasteiger partial charge in [0.15, 0.2) is 0 Å². The smallest absolute Gasteiger partial charge is 0.237 e. The normalized spacial score (nSPS) is 12.1. The molecule has 0 saturated heterocycles. The molecule has 5 nitrogen and oxygen atoms in total. The molecular formula is C11H14N4O. The first kappa shape index (κ1) is 10.5. The predicted octanol–water partition coefficient (Wildman–Crippen LogP) is 1.99. The second-order valence-electron chi connectivity index (χ2n) is 3.44. The minimum atomic E-state index is 0.126. The van der Waals surface area contributed by atoms with Crippen molar-refractivity contribution in [2.75, 3.05) is 12.4 Å². The van der Waals surface area contributed by atoms with Crippen LogP contribution >= 0.6 is 0 Å². The van der Waals surface area contributed by atoms with E-state index >= 15 is 0 Å². The molecule has 2 heterocycles. The van der Waals surface area contributed by atoms with Crippen molar-refractivity contribution >= 4 is 5.69 Å². The summed E-state index contributed by atoms with van der Waals surface area (Å²) in [4.78, 5) is 4.12. The third-order valence-electron chi connectivity index (χ3n) is 2.33. The summed E-state index contributed by atoms with van der Waals surface area (Å²) in [5.41, 5.74) is 1.89. The molecule has 0 spiro atoms. The fraction of sp³-hybridized carbons (Fsp3) is 0.273. The molecule has 0 aliphatic rings. The molecule has 1 atom stereocenters. The molecule has 0 bridgehead atoms. The molecule has 16 heavy (non-hydrogen) atoms. The highest BCUT2D eigenvalue weighted by Crippen LogP contribution is 2.24. The zero-order chi connectivity index (χ0) is 11.4. The lowest BCUT2D eigenvalue weighted by atomic mass is 10.2. The molecule has 2 N–H and O–H groups in total. The van der Waals surface area contributed by atoms with E-state index < -0.39 is 0 Å². The van der Waals surface area contributed by atoms with Crippen LogP contribution in [0, 0.1) is 0 Å². The number of nitrogens with zero attached hydrogens (tertiary/aromatic N) is 2. The summed E-state index contributed by atoms with van der Waals surface area (Å²) in [5, 5.41) is 10.1. The predicted molar refractivity (Wildman–Crippen MR) is 61.4 cm³/mol. The first-order chi connectivity index (χ1) is 7.81.